The molecule has 0 aliphatic rings. The predicted octanol–water partition coefficient (Wildman–Crippen LogP) is 2.22. The zero-order valence-corrected chi connectivity index (χ0v) is 9.30. The van der Waals surface area contributed by atoms with E-state index < -0.39 is 0 Å². The molecule has 0 aliphatic heterocycles. The molecule has 0 saturated carbocycles. The van der Waals surface area contributed by atoms with Gasteiger partial charge >= 0.3 is 0 Å². The van der Waals surface area contributed by atoms with Gasteiger partial charge in [-0.25, -0.2) is 5.84 Å². The lowest BCUT2D eigenvalue weighted by molar-refractivity contribution is 0.979. The number of nitrogens with one attached hydrogen (secondary N) is 2. The van der Waals surface area contributed by atoms with Crippen LogP contribution < -0.4 is 16.2 Å². The highest BCUT2D eigenvalue weighted by molar-refractivity contribution is 6.00. The van der Waals surface area contributed by atoms with Crippen LogP contribution in [0.15, 0.2) is 60.7 Å². The second kappa shape index (κ2) is 5.14. The van der Waals surface area contributed by atoms with Crippen molar-refractivity contribution in [1.82, 2.24) is 5.43 Å². The molecule has 0 saturated heterocycles. The summed E-state index contributed by atoms with van der Waals surface area (Å²) in [6.07, 6.45) is 0. The molecule has 0 bridgehead atoms. The number of hydrazine groups is 1. The van der Waals surface area contributed by atoms with Gasteiger partial charge in [0.25, 0.3) is 0 Å². The summed E-state index contributed by atoms with van der Waals surface area (Å²) in [4.78, 5) is 1.74. The van der Waals surface area contributed by atoms with Crippen LogP contribution in [0.1, 0.15) is 0 Å². The van der Waals surface area contributed by atoms with Crippen molar-refractivity contribution in [2.24, 2.45) is 5.84 Å². The Balaban J connectivity index is 2.43. The van der Waals surface area contributed by atoms with Crippen molar-refractivity contribution in [1.29, 1.82) is 5.41 Å². The van der Waals surface area contributed by atoms with Gasteiger partial charge in [-0.15, -0.1) is 0 Å². The van der Waals surface area contributed by atoms with Crippen molar-refractivity contribution in [3.05, 3.63) is 60.7 Å². The highest BCUT2D eigenvalue weighted by Crippen LogP contribution is 2.24. The van der Waals surface area contributed by atoms with E-state index in [1.807, 2.05) is 60.7 Å². The number of nitrogens with two attached hydrogens (primary N) is 1. The number of rotatable bonds is 2. The Morgan fingerprint density at radius 2 is 1.29 bits per heavy atom. The SMILES string of the molecule is N=C(NN)N(c1ccccc1)c1ccccc1. The van der Waals surface area contributed by atoms with Gasteiger partial charge in [-0.05, 0) is 24.3 Å². The number of para-hydroxylation sites is 2. The van der Waals surface area contributed by atoms with Crippen LogP contribution >= 0.6 is 0 Å². The third-order valence-corrected chi connectivity index (χ3v) is 2.39. The predicted molar refractivity (Wildman–Crippen MR) is 70.1 cm³/mol. The van der Waals surface area contributed by atoms with Gasteiger partial charge in [0.2, 0.25) is 5.96 Å². The van der Waals surface area contributed by atoms with E-state index in [1.54, 1.807) is 4.90 Å². The van der Waals surface area contributed by atoms with Gasteiger partial charge in [0.05, 0.1) is 0 Å². The van der Waals surface area contributed by atoms with E-state index in [2.05, 4.69) is 5.43 Å². The second-order valence-electron chi connectivity index (χ2n) is 3.50. The Bertz CT molecular complexity index is 442. The Kier molecular flexibility index (Phi) is 3.37. The van der Waals surface area contributed by atoms with Gasteiger partial charge in [-0.3, -0.25) is 15.7 Å². The summed E-state index contributed by atoms with van der Waals surface area (Å²) in [5.41, 5.74) is 4.15. The van der Waals surface area contributed by atoms with E-state index in [0.29, 0.717) is 0 Å². The minimum Gasteiger partial charge on any atom is -0.294 e. The highest BCUT2D eigenvalue weighted by Gasteiger charge is 2.12. The van der Waals surface area contributed by atoms with Gasteiger partial charge in [0.15, 0.2) is 0 Å². The van der Waals surface area contributed by atoms with Crippen molar-refractivity contribution >= 4 is 17.3 Å². The van der Waals surface area contributed by atoms with E-state index in [4.69, 9.17) is 11.3 Å². The quantitative estimate of drug-likeness (QED) is 0.318. The molecule has 4 N–H and O–H groups in total. The third kappa shape index (κ3) is 2.43. The summed E-state index contributed by atoms with van der Waals surface area (Å²) in [6, 6.07) is 19.3. The van der Waals surface area contributed by atoms with Crippen LogP contribution in [0.25, 0.3) is 0 Å². The van der Waals surface area contributed by atoms with Crippen molar-refractivity contribution in [2.75, 3.05) is 4.90 Å². The molecule has 86 valence electrons. The van der Waals surface area contributed by atoms with Crippen LogP contribution in [0.2, 0.25) is 0 Å². The fourth-order valence-electron chi connectivity index (χ4n) is 1.63. The number of benzene rings is 2. The first-order valence-corrected chi connectivity index (χ1v) is 5.28. The fraction of sp³-hybridized carbons (Fsp3) is 0. The topological polar surface area (TPSA) is 65.1 Å². The Labute approximate surface area is 100 Å². The average molecular weight is 226 g/mol. The fourth-order valence-corrected chi connectivity index (χ4v) is 1.63. The molecule has 0 aromatic heterocycles. The van der Waals surface area contributed by atoms with Crippen LogP contribution in [0.5, 0.6) is 0 Å². The monoisotopic (exact) mass is 226 g/mol. The van der Waals surface area contributed by atoms with Gasteiger partial charge in [0, 0.05) is 11.4 Å². The average Bonchev–Trinajstić information content (AvgIpc) is 2.41. The van der Waals surface area contributed by atoms with Crippen molar-refractivity contribution in [3.63, 3.8) is 0 Å². The maximum absolute atomic E-state index is 7.86. The van der Waals surface area contributed by atoms with E-state index in [-0.39, 0.29) is 5.96 Å². The molecule has 2 aromatic rings. The molecule has 0 unspecified atom stereocenters. The molecule has 0 spiro atoms. The number of guanidine groups is 1. The molecule has 0 amide bonds. The Morgan fingerprint density at radius 1 is 0.882 bits per heavy atom. The molecule has 2 aromatic carbocycles. The van der Waals surface area contributed by atoms with E-state index in [9.17, 15) is 0 Å². The summed E-state index contributed by atoms with van der Waals surface area (Å²) in [7, 11) is 0. The maximum Gasteiger partial charge on any atom is 0.214 e. The normalized spacial score (nSPS) is 9.71. The van der Waals surface area contributed by atoms with Gasteiger partial charge in [-0.2, -0.15) is 0 Å². The first-order chi connectivity index (χ1) is 8.33. The molecular formula is C13H14N4. The zero-order chi connectivity index (χ0) is 12.1. The molecule has 0 heterocycles. The van der Waals surface area contributed by atoms with E-state index in [1.165, 1.54) is 0 Å². The smallest absolute Gasteiger partial charge is 0.214 e. The maximum atomic E-state index is 7.86. The van der Waals surface area contributed by atoms with Crippen molar-refractivity contribution in [2.45, 2.75) is 0 Å². The van der Waals surface area contributed by atoms with Gasteiger partial charge < -0.3 is 0 Å². The minimum absolute atomic E-state index is 0.127. The first kappa shape index (κ1) is 11.2. The molecule has 0 fully saturated rings. The molecule has 2 rings (SSSR count). The molecule has 0 aliphatic carbocycles. The van der Waals surface area contributed by atoms with Crippen molar-refractivity contribution in [3.8, 4) is 0 Å². The minimum atomic E-state index is 0.127. The number of anilines is 2. The summed E-state index contributed by atoms with van der Waals surface area (Å²) < 4.78 is 0. The highest BCUT2D eigenvalue weighted by atomic mass is 15.4. The molecule has 17 heavy (non-hydrogen) atoms. The zero-order valence-electron chi connectivity index (χ0n) is 9.30. The van der Waals surface area contributed by atoms with Crippen molar-refractivity contribution < 1.29 is 0 Å². The molecule has 4 heteroatoms. The molecular weight excluding hydrogens is 212 g/mol. The summed E-state index contributed by atoms with van der Waals surface area (Å²) in [6.45, 7) is 0. The van der Waals surface area contributed by atoms with Crippen LogP contribution in [-0.2, 0) is 0 Å². The number of nitrogens with zero attached hydrogens (tertiary/aromatic N) is 1. The Morgan fingerprint density at radius 3 is 1.65 bits per heavy atom. The lowest BCUT2D eigenvalue weighted by Gasteiger charge is -2.24. The lowest BCUT2D eigenvalue weighted by atomic mass is 10.2. The van der Waals surface area contributed by atoms with Crippen LogP contribution in [0, 0.1) is 5.41 Å². The molecule has 0 radical (unpaired) electrons. The van der Waals surface area contributed by atoms with E-state index in [0.717, 1.165) is 11.4 Å². The number of hydrogen-bond acceptors (Lipinski definition) is 2. The van der Waals surface area contributed by atoms with Gasteiger partial charge in [-0.1, -0.05) is 36.4 Å². The molecule has 4 nitrogen and oxygen atoms in total. The van der Waals surface area contributed by atoms with E-state index >= 15 is 0 Å². The number of hydrogen-bond donors (Lipinski definition) is 3. The lowest BCUT2D eigenvalue weighted by Crippen LogP contribution is -2.41. The summed E-state index contributed by atoms with van der Waals surface area (Å²) >= 11 is 0. The van der Waals surface area contributed by atoms with Crippen LogP contribution in [0.4, 0.5) is 11.4 Å². The van der Waals surface area contributed by atoms with Gasteiger partial charge in [0.1, 0.15) is 0 Å². The summed E-state index contributed by atoms with van der Waals surface area (Å²) in [5.74, 6) is 5.46. The van der Waals surface area contributed by atoms with Crippen LogP contribution in [0.3, 0.4) is 0 Å². The first-order valence-electron chi connectivity index (χ1n) is 5.28. The Hall–Kier alpha value is -2.33. The second-order valence-corrected chi connectivity index (χ2v) is 3.50. The third-order valence-electron chi connectivity index (χ3n) is 2.39. The standard InChI is InChI=1S/C13H14N4/c14-13(16-15)17(11-7-3-1-4-8-11)12-9-5-2-6-10-12/h1-10H,15H2,(H2,14,16). The largest absolute Gasteiger partial charge is 0.294 e. The molecule has 0 atom stereocenters. The van der Waals surface area contributed by atoms with Crippen LogP contribution in [-0.4, -0.2) is 5.96 Å². The summed E-state index contributed by atoms with van der Waals surface area (Å²) in [5, 5.41) is 7.86.